The summed E-state index contributed by atoms with van der Waals surface area (Å²) in [4.78, 5) is 16.8. The molecule has 0 bridgehead atoms. The molecule has 1 N–H and O–H groups in total. The third-order valence-electron chi connectivity index (χ3n) is 5.42. The van der Waals surface area contributed by atoms with E-state index in [0.29, 0.717) is 43.3 Å². The first kappa shape index (κ1) is 22.4. The van der Waals surface area contributed by atoms with E-state index in [0.717, 1.165) is 17.0 Å². The lowest BCUT2D eigenvalue weighted by atomic mass is 9.97. The Kier molecular flexibility index (Phi) is 7.19. The van der Waals surface area contributed by atoms with Crippen molar-refractivity contribution in [3.63, 3.8) is 0 Å². The number of hydrogen-bond donors (Lipinski definition) is 1. The molecule has 1 saturated heterocycles. The number of thiophene rings is 1. The van der Waals surface area contributed by atoms with Crippen molar-refractivity contribution in [1.29, 1.82) is 0 Å². The molecule has 1 amide bonds. The Balaban J connectivity index is 1.22. The molecule has 0 radical (unpaired) electrons. The number of ether oxygens (including phenoxy) is 1. The van der Waals surface area contributed by atoms with Crippen LogP contribution in [0.1, 0.15) is 24.1 Å². The Morgan fingerprint density at radius 3 is 2.53 bits per heavy atom. The maximum Gasteiger partial charge on any atom is 0.252 e. The second-order valence-corrected chi connectivity index (χ2v) is 10.7. The van der Waals surface area contributed by atoms with Crippen LogP contribution in [-0.2, 0) is 28.0 Å². The summed E-state index contributed by atoms with van der Waals surface area (Å²) in [6.45, 7) is 1.55. The van der Waals surface area contributed by atoms with Gasteiger partial charge in [-0.05, 0) is 54.1 Å². The van der Waals surface area contributed by atoms with Crippen molar-refractivity contribution >= 4 is 27.3 Å². The third kappa shape index (κ3) is 5.53. The minimum atomic E-state index is -3.45. The zero-order valence-corrected chi connectivity index (χ0v) is 19.1. The van der Waals surface area contributed by atoms with Gasteiger partial charge in [-0.1, -0.05) is 24.3 Å². The smallest absolute Gasteiger partial charge is 0.252 e. The van der Waals surface area contributed by atoms with Gasteiger partial charge in [-0.3, -0.25) is 9.78 Å². The zero-order valence-electron chi connectivity index (χ0n) is 17.5. The highest BCUT2D eigenvalue weighted by Gasteiger charge is 2.32. The van der Waals surface area contributed by atoms with E-state index < -0.39 is 10.0 Å². The maximum atomic E-state index is 12.6. The van der Waals surface area contributed by atoms with Gasteiger partial charge in [0.1, 0.15) is 16.6 Å². The number of nitrogens with one attached hydrogen (secondary N) is 1. The van der Waals surface area contributed by atoms with Gasteiger partial charge in [0, 0.05) is 31.7 Å². The fourth-order valence-corrected chi connectivity index (χ4v) is 6.19. The fraction of sp³-hybridized carbons (Fsp3) is 0.304. The zero-order chi connectivity index (χ0) is 22.4. The Hall–Kier alpha value is -2.75. The van der Waals surface area contributed by atoms with Crippen molar-refractivity contribution in [3.8, 4) is 5.75 Å². The summed E-state index contributed by atoms with van der Waals surface area (Å²) in [7, 11) is -3.45. The molecular formula is C23H25N3O4S2. The van der Waals surface area contributed by atoms with Crippen LogP contribution in [0, 0.1) is 5.92 Å². The number of rotatable bonds is 8. The average molecular weight is 472 g/mol. The first-order valence-corrected chi connectivity index (χ1v) is 12.8. The highest BCUT2D eigenvalue weighted by Crippen LogP contribution is 2.26. The summed E-state index contributed by atoms with van der Waals surface area (Å²) >= 11 is 1.22. The fourth-order valence-electron chi connectivity index (χ4n) is 3.57. The van der Waals surface area contributed by atoms with Crippen molar-refractivity contribution in [3.05, 3.63) is 77.4 Å². The maximum absolute atomic E-state index is 12.6. The number of sulfonamides is 1. The molecule has 1 aliphatic heterocycles. The highest BCUT2D eigenvalue weighted by atomic mass is 32.2. The lowest BCUT2D eigenvalue weighted by molar-refractivity contribution is -0.126. The van der Waals surface area contributed by atoms with Gasteiger partial charge in [-0.25, -0.2) is 8.42 Å². The van der Waals surface area contributed by atoms with E-state index in [2.05, 4.69) is 10.3 Å². The highest BCUT2D eigenvalue weighted by molar-refractivity contribution is 7.91. The van der Waals surface area contributed by atoms with Crippen LogP contribution in [-0.4, -0.2) is 36.7 Å². The molecule has 32 heavy (non-hydrogen) atoms. The van der Waals surface area contributed by atoms with Gasteiger partial charge in [0.15, 0.2) is 0 Å². The van der Waals surface area contributed by atoms with Crippen molar-refractivity contribution in [2.45, 2.75) is 30.2 Å². The third-order valence-corrected chi connectivity index (χ3v) is 8.69. The Bertz CT molecular complexity index is 1110. The van der Waals surface area contributed by atoms with E-state index in [1.165, 1.54) is 15.6 Å². The molecule has 9 heteroatoms. The molecule has 0 spiro atoms. The van der Waals surface area contributed by atoms with Gasteiger partial charge in [0.05, 0.1) is 5.69 Å². The van der Waals surface area contributed by atoms with E-state index in [1.807, 2.05) is 42.5 Å². The summed E-state index contributed by atoms with van der Waals surface area (Å²) in [5.74, 6) is 0.532. The first-order valence-electron chi connectivity index (χ1n) is 10.5. The average Bonchev–Trinajstić information content (AvgIpc) is 3.39. The quantitative estimate of drug-likeness (QED) is 0.544. The van der Waals surface area contributed by atoms with Crippen molar-refractivity contribution in [2.24, 2.45) is 5.92 Å². The topological polar surface area (TPSA) is 88.6 Å². The van der Waals surface area contributed by atoms with Gasteiger partial charge in [0.25, 0.3) is 10.0 Å². The molecule has 1 fully saturated rings. The van der Waals surface area contributed by atoms with Crippen molar-refractivity contribution in [1.82, 2.24) is 14.6 Å². The summed E-state index contributed by atoms with van der Waals surface area (Å²) < 4.78 is 32.8. The molecule has 1 aromatic carbocycles. The Morgan fingerprint density at radius 1 is 1.09 bits per heavy atom. The molecule has 3 heterocycles. The van der Waals surface area contributed by atoms with Gasteiger partial charge in [0.2, 0.25) is 5.91 Å². The van der Waals surface area contributed by atoms with E-state index in [4.69, 9.17) is 4.74 Å². The Labute approximate surface area is 192 Å². The Morgan fingerprint density at radius 2 is 1.88 bits per heavy atom. The van der Waals surface area contributed by atoms with E-state index in [1.54, 1.807) is 23.7 Å². The van der Waals surface area contributed by atoms with Crippen LogP contribution in [0.15, 0.2) is 70.4 Å². The molecule has 0 unspecified atom stereocenters. The largest absolute Gasteiger partial charge is 0.487 e. The number of nitrogens with zero attached hydrogens (tertiary/aromatic N) is 2. The molecule has 168 valence electrons. The number of pyridine rings is 1. The van der Waals surface area contributed by atoms with Gasteiger partial charge < -0.3 is 10.1 Å². The van der Waals surface area contributed by atoms with E-state index in [9.17, 15) is 13.2 Å². The number of aromatic nitrogens is 1. The molecule has 0 aliphatic carbocycles. The van der Waals surface area contributed by atoms with Crippen molar-refractivity contribution in [2.75, 3.05) is 13.1 Å². The van der Waals surface area contributed by atoms with Crippen LogP contribution in [0.25, 0.3) is 0 Å². The predicted octanol–water partition coefficient (Wildman–Crippen LogP) is 3.44. The number of carbonyl (C=O) groups excluding carboxylic acids is 1. The number of carbonyl (C=O) groups is 1. The van der Waals surface area contributed by atoms with Crippen LogP contribution in [0.3, 0.4) is 0 Å². The minimum absolute atomic E-state index is 0.0337. The molecule has 0 saturated carbocycles. The van der Waals surface area contributed by atoms with Gasteiger partial charge >= 0.3 is 0 Å². The van der Waals surface area contributed by atoms with Crippen LogP contribution in [0.5, 0.6) is 5.75 Å². The van der Waals surface area contributed by atoms with Crippen LogP contribution >= 0.6 is 11.3 Å². The van der Waals surface area contributed by atoms with Crippen molar-refractivity contribution < 1.29 is 17.9 Å². The lowest BCUT2D eigenvalue weighted by Crippen LogP contribution is -2.42. The summed E-state index contributed by atoms with van der Waals surface area (Å²) in [6.07, 6.45) is 2.78. The summed E-state index contributed by atoms with van der Waals surface area (Å²) in [5, 5.41) is 4.73. The number of piperidine rings is 1. The second-order valence-electron chi connectivity index (χ2n) is 7.58. The molecule has 0 atom stereocenters. The van der Waals surface area contributed by atoms with Crippen LogP contribution in [0.2, 0.25) is 0 Å². The SMILES string of the molecule is O=C(NCc1ccc(OCc2ccccn2)cc1)C1CCN(S(=O)(=O)c2cccs2)CC1. The van der Waals surface area contributed by atoms with Gasteiger partial charge in [-0.15, -0.1) is 11.3 Å². The molecule has 2 aromatic heterocycles. The number of benzene rings is 1. The predicted molar refractivity (Wildman–Crippen MR) is 123 cm³/mol. The summed E-state index contributed by atoms with van der Waals surface area (Å²) in [5.41, 5.74) is 1.83. The summed E-state index contributed by atoms with van der Waals surface area (Å²) in [6, 6.07) is 16.6. The van der Waals surface area contributed by atoms with E-state index in [-0.39, 0.29) is 11.8 Å². The lowest BCUT2D eigenvalue weighted by Gasteiger charge is -2.30. The van der Waals surface area contributed by atoms with Gasteiger partial charge in [-0.2, -0.15) is 4.31 Å². The van der Waals surface area contributed by atoms with Crippen LogP contribution in [0.4, 0.5) is 0 Å². The molecule has 3 aromatic rings. The molecular weight excluding hydrogens is 446 g/mol. The first-order chi connectivity index (χ1) is 15.5. The number of hydrogen-bond acceptors (Lipinski definition) is 6. The standard InChI is InChI=1S/C23H25N3O4S2/c27-23(19-10-13-26(14-11-19)32(28,29)22-5-3-15-31-22)25-16-18-6-8-21(9-7-18)30-17-20-4-1-2-12-24-20/h1-9,12,15,19H,10-11,13-14,16-17H2,(H,25,27). The molecule has 4 rings (SSSR count). The minimum Gasteiger partial charge on any atom is -0.487 e. The van der Waals surface area contributed by atoms with E-state index >= 15 is 0 Å². The normalized spacial score (nSPS) is 15.4. The monoisotopic (exact) mass is 471 g/mol. The van der Waals surface area contributed by atoms with Crippen LogP contribution < -0.4 is 10.1 Å². The molecule has 1 aliphatic rings. The second kappa shape index (κ2) is 10.2. The number of amides is 1. The molecule has 7 nitrogen and oxygen atoms in total.